The molecule has 0 aromatic heterocycles. The fraction of sp³-hybridized carbons (Fsp3) is 0.300. The molecule has 88 valence electrons. The number of rotatable bonds is 1. The van der Waals surface area contributed by atoms with Gasteiger partial charge in [0.2, 0.25) is 0 Å². The summed E-state index contributed by atoms with van der Waals surface area (Å²) in [5, 5.41) is 1.73. The highest BCUT2D eigenvalue weighted by atomic mass is 19.4. The Balaban J connectivity index is 3.00. The number of anilines is 2. The normalized spacial score (nSPS) is 11.3. The summed E-state index contributed by atoms with van der Waals surface area (Å²) in [6, 6.07) is 2.94. The number of alkyl halides is 3. The predicted octanol–water partition coefficient (Wildman–Crippen LogP) is 2.39. The molecule has 0 saturated heterocycles. The first-order valence-electron chi connectivity index (χ1n) is 4.47. The van der Waals surface area contributed by atoms with E-state index in [0.717, 1.165) is 5.56 Å². The number of carbonyl (C=O) groups excluding carboxylic acids is 1. The maximum absolute atomic E-state index is 12.0. The summed E-state index contributed by atoms with van der Waals surface area (Å²) in [5.74, 6) is -2.03. The number of amides is 1. The molecule has 16 heavy (non-hydrogen) atoms. The van der Waals surface area contributed by atoms with Gasteiger partial charge in [-0.25, -0.2) is 0 Å². The summed E-state index contributed by atoms with van der Waals surface area (Å²) in [7, 11) is 0. The van der Waals surface area contributed by atoms with Crippen molar-refractivity contribution in [3.05, 3.63) is 23.3 Å². The van der Waals surface area contributed by atoms with Crippen LogP contribution in [0.4, 0.5) is 24.5 Å². The van der Waals surface area contributed by atoms with E-state index in [1.807, 2.05) is 0 Å². The van der Waals surface area contributed by atoms with Crippen molar-refractivity contribution < 1.29 is 18.0 Å². The minimum atomic E-state index is -4.91. The monoisotopic (exact) mass is 232 g/mol. The van der Waals surface area contributed by atoms with Crippen LogP contribution >= 0.6 is 0 Å². The standard InChI is InChI=1S/C10H11F3N2O/c1-5-3-4-7(8(14)6(5)2)15-9(16)10(11,12)13/h3-4H,14H2,1-2H3,(H,15,16). The first-order valence-corrected chi connectivity index (χ1v) is 4.47. The quantitative estimate of drug-likeness (QED) is 0.730. The summed E-state index contributed by atoms with van der Waals surface area (Å²) in [5.41, 5.74) is 7.22. The van der Waals surface area contributed by atoms with Crippen molar-refractivity contribution in [2.75, 3.05) is 11.1 Å². The van der Waals surface area contributed by atoms with Gasteiger partial charge in [0.05, 0.1) is 11.4 Å². The van der Waals surface area contributed by atoms with Gasteiger partial charge in [-0.05, 0) is 31.0 Å². The molecular weight excluding hydrogens is 221 g/mol. The van der Waals surface area contributed by atoms with Crippen LogP contribution in [0.15, 0.2) is 12.1 Å². The van der Waals surface area contributed by atoms with Gasteiger partial charge >= 0.3 is 12.1 Å². The fourth-order valence-electron chi connectivity index (χ4n) is 1.14. The van der Waals surface area contributed by atoms with Crippen LogP contribution in [0.25, 0.3) is 0 Å². The van der Waals surface area contributed by atoms with Gasteiger partial charge in [-0.2, -0.15) is 13.2 Å². The van der Waals surface area contributed by atoms with E-state index in [1.54, 1.807) is 25.2 Å². The Hall–Kier alpha value is -1.72. The van der Waals surface area contributed by atoms with Crippen molar-refractivity contribution in [2.24, 2.45) is 0 Å². The molecule has 6 heteroatoms. The van der Waals surface area contributed by atoms with Gasteiger partial charge in [0.1, 0.15) is 0 Å². The molecule has 0 aliphatic carbocycles. The van der Waals surface area contributed by atoms with E-state index < -0.39 is 12.1 Å². The van der Waals surface area contributed by atoms with Crippen LogP contribution in [-0.4, -0.2) is 12.1 Å². The lowest BCUT2D eigenvalue weighted by molar-refractivity contribution is -0.167. The lowest BCUT2D eigenvalue weighted by atomic mass is 10.1. The SMILES string of the molecule is Cc1ccc(NC(=O)C(F)(F)F)c(N)c1C. The Bertz CT molecular complexity index is 427. The molecule has 0 fully saturated rings. The molecule has 0 unspecified atom stereocenters. The average molecular weight is 232 g/mol. The minimum Gasteiger partial charge on any atom is -0.397 e. The zero-order chi connectivity index (χ0) is 12.5. The van der Waals surface area contributed by atoms with Gasteiger partial charge in [0.25, 0.3) is 0 Å². The van der Waals surface area contributed by atoms with Crippen molar-refractivity contribution in [2.45, 2.75) is 20.0 Å². The third kappa shape index (κ3) is 2.44. The van der Waals surface area contributed by atoms with Crippen LogP contribution in [-0.2, 0) is 4.79 Å². The Labute approximate surface area is 90.4 Å². The fourth-order valence-corrected chi connectivity index (χ4v) is 1.14. The molecule has 1 rings (SSSR count). The molecule has 0 spiro atoms. The van der Waals surface area contributed by atoms with Crippen molar-refractivity contribution >= 4 is 17.3 Å². The number of halogens is 3. The Kier molecular flexibility index (Phi) is 3.11. The minimum absolute atomic E-state index is 0.0228. The maximum Gasteiger partial charge on any atom is 0.471 e. The predicted molar refractivity (Wildman–Crippen MR) is 55.0 cm³/mol. The van der Waals surface area contributed by atoms with E-state index in [9.17, 15) is 18.0 Å². The van der Waals surface area contributed by atoms with Crippen LogP contribution in [0, 0.1) is 13.8 Å². The lowest BCUT2D eigenvalue weighted by Crippen LogP contribution is -2.30. The Morgan fingerprint density at radius 3 is 2.38 bits per heavy atom. The molecule has 0 heterocycles. The number of benzene rings is 1. The highest BCUT2D eigenvalue weighted by Gasteiger charge is 2.38. The maximum atomic E-state index is 12.0. The Morgan fingerprint density at radius 2 is 1.88 bits per heavy atom. The van der Waals surface area contributed by atoms with Gasteiger partial charge in [-0.15, -0.1) is 0 Å². The number of carbonyl (C=O) groups is 1. The lowest BCUT2D eigenvalue weighted by Gasteiger charge is -2.13. The van der Waals surface area contributed by atoms with E-state index in [2.05, 4.69) is 0 Å². The van der Waals surface area contributed by atoms with Crippen LogP contribution < -0.4 is 11.1 Å². The highest BCUT2D eigenvalue weighted by molar-refractivity contribution is 5.97. The van der Waals surface area contributed by atoms with Crippen molar-refractivity contribution in [1.29, 1.82) is 0 Å². The topological polar surface area (TPSA) is 55.1 Å². The molecule has 1 amide bonds. The number of nitrogen functional groups attached to an aromatic ring is 1. The molecule has 0 radical (unpaired) electrons. The first-order chi connectivity index (χ1) is 7.23. The van der Waals surface area contributed by atoms with Gasteiger partial charge < -0.3 is 11.1 Å². The molecule has 3 N–H and O–H groups in total. The van der Waals surface area contributed by atoms with Crippen molar-refractivity contribution in [3.8, 4) is 0 Å². The molecule has 1 aromatic rings. The average Bonchev–Trinajstić information content (AvgIpc) is 2.17. The number of aryl methyl sites for hydroxylation is 1. The zero-order valence-electron chi connectivity index (χ0n) is 8.77. The zero-order valence-corrected chi connectivity index (χ0v) is 8.77. The molecule has 0 atom stereocenters. The summed E-state index contributed by atoms with van der Waals surface area (Å²) in [4.78, 5) is 10.7. The number of hydrogen-bond acceptors (Lipinski definition) is 2. The summed E-state index contributed by atoms with van der Waals surface area (Å²) in [6.07, 6.45) is -4.91. The van der Waals surface area contributed by atoms with Gasteiger partial charge in [0.15, 0.2) is 0 Å². The second-order valence-corrected chi connectivity index (χ2v) is 3.42. The molecular formula is C10H11F3N2O. The highest BCUT2D eigenvalue weighted by Crippen LogP contribution is 2.27. The smallest absolute Gasteiger partial charge is 0.397 e. The molecule has 0 bridgehead atoms. The van der Waals surface area contributed by atoms with E-state index in [4.69, 9.17) is 5.73 Å². The molecule has 0 aliphatic heterocycles. The van der Waals surface area contributed by atoms with Crippen LogP contribution in [0.2, 0.25) is 0 Å². The van der Waals surface area contributed by atoms with Crippen molar-refractivity contribution in [1.82, 2.24) is 0 Å². The molecule has 0 aliphatic rings. The van der Waals surface area contributed by atoms with E-state index in [0.29, 0.717) is 5.56 Å². The van der Waals surface area contributed by atoms with Gasteiger partial charge in [0, 0.05) is 0 Å². The number of nitrogens with two attached hydrogens (primary N) is 1. The largest absolute Gasteiger partial charge is 0.471 e. The van der Waals surface area contributed by atoms with Crippen LogP contribution in [0.3, 0.4) is 0 Å². The van der Waals surface area contributed by atoms with E-state index >= 15 is 0 Å². The summed E-state index contributed by atoms with van der Waals surface area (Å²) in [6.45, 7) is 3.45. The molecule has 1 aromatic carbocycles. The van der Waals surface area contributed by atoms with E-state index in [-0.39, 0.29) is 11.4 Å². The van der Waals surface area contributed by atoms with Crippen LogP contribution in [0.5, 0.6) is 0 Å². The second-order valence-electron chi connectivity index (χ2n) is 3.42. The van der Waals surface area contributed by atoms with Gasteiger partial charge in [-0.1, -0.05) is 6.07 Å². The van der Waals surface area contributed by atoms with Gasteiger partial charge in [-0.3, -0.25) is 4.79 Å². The second kappa shape index (κ2) is 4.03. The summed E-state index contributed by atoms with van der Waals surface area (Å²) < 4.78 is 36.0. The molecule has 0 saturated carbocycles. The number of nitrogens with one attached hydrogen (secondary N) is 1. The van der Waals surface area contributed by atoms with Crippen LogP contribution in [0.1, 0.15) is 11.1 Å². The third-order valence-corrected chi connectivity index (χ3v) is 2.29. The van der Waals surface area contributed by atoms with Crippen molar-refractivity contribution in [3.63, 3.8) is 0 Å². The third-order valence-electron chi connectivity index (χ3n) is 2.29. The Morgan fingerprint density at radius 1 is 1.31 bits per heavy atom. The first kappa shape index (κ1) is 12.4. The summed E-state index contributed by atoms with van der Waals surface area (Å²) >= 11 is 0. The number of hydrogen-bond donors (Lipinski definition) is 2. The van der Waals surface area contributed by atoms with E-state index in [1.165, 1.54) is 6.07 Å². The molecule has 3 nitrogen and oxygen atoms in total.